The summed E-state index contributed by atoms with van der Waals surface area (Å²) in [5.41, 5.74) is -0.319. The van der Waals surface area contributed by atoms with Crippen LogP contribution in [-0.2, 0) is 10.6 Å². The number of benzene rings is 2. The summed E-state index contributed by atoms with van der Waals surface area (Å²) >= 11 is 0. The highest BCUT2D eigenvalue weighted by Crippen LogP contribution is 2.41. The number of aromatic nitrogens is 2. The lowest BCUT2D eigenvalue weighted by atomic mass is 10.1. The van der Waals surface area contributed by atoms with E-state index in [0.717, 1.165) is 12.1 Å². The molecule has 0 aliphatic heterocycles. The van der Waals surface area contributed by atoms with Gasteiger partial charge in [-0.25, -0.2) is 4.85 Å². The second kappa shape index (κ2) is 10.4. The molecule has 11 heteroatoms. The smallest absolute Gasteiger partial charge is 0.407 e. The van der Waals surface area contributed by atoms with Gasteiger partial charge in [0.2, 0.25) is 11.8 Å². The summed E-state index contributed by atoms with van der Waals surface area (Å²) in [6, 6.07) is 11.3. The predicted molar refractivity (Wildman–Crippen MR) is 136 cm³/mol. The lowest BCUT2D eigenvalue weighted by Crippen LogP contribution is -2.45. The van der Waals surface area contributed by atoms with Gasteiger partial charge in [-0.3, -0.25) is 0 Å². The van der Waals surface area contributed by atoms with Gasteiger partial charge >= 0.3 is 6.18 Å². The van der Waals surface area contributed by atoms with Crippen molar-refractivity contribution in [3.8, 4) is 17.5 Å². The Morgan fingerprint density at radius 2 is 1.76 bits per heavy atom. The van der Waals surface area contributed by atoms with Crippen molar-refractivity contribution in [3.05, 3.63) is 70.9 Å². The summed E-state index contributed by atoms with van der Waals surface area (Å²) in [5, 5.41) is 20.3. The fourth-order valence-corrected chi connectivity index (χ4v) is 4.80. The molecule has 0 unspecified atom stereocenters. The molecule has 194 valence electrons. The van der Waals surface area contributed by atoms with E-state index in [-0.39, 0.29) is 22.5 Å². The zero-order valence-corrected chi connectivity index (χ0v) is 22.4. The van der Waals surface area contributed by atoms with Gasteiger partial charge in [-0.15, -0.1) is 10.2 Å². The highest BCUT2D eigenvalue weighted by atomic mass is 28.4. The van der Waals surface area contributed by atoms with Crippen LogP contribution in [0.2, 0.25) is 18.1 Å². The van der Waals surface area contributed by atoms with E-state index in [9.17, 15) is 13.2 Å². The van der Waals surface area contributed by atoms with Gasteiger partial charge in [-0.2, -0.15) is 18.4 Å². The maximum absolute atomic E-state index is 13.6. The van der Waals surface area contributed by atoms with Crippen LogP contribution < -0.4 is 5.32 Å². The van der Waals surface area contributed by atoms with Crippen molar-refractivity contribution in [1.29, 1.82) is 5.26 Å². The molecule has 2 atom stereocenters. The molecule has 3 rings (SSSR count). The van der Waals surface area contributed by atoms with Crippen molar-refractivity contribution < 1.29 is 22.0 Å². The van der Waals surface area contributed by atoms with E-state index in [1.54, 1.807) is 24.3 Å². The van der Waals surface area contributed by atoms with Gasteiger partial charge < -0.3 is 14.2 Å². The zero-order chi connectivity index (χ0) is 27.6. The maximum atomic E-state index is 13.6. The second-order valence-electron chi connectivity index (χ2n) is 10.2. The summed E-state index contributed by atoms with van der Waals surface area (Å²) in [7, 11) is -2.28. The molecule has 7 nitrogen and oxygen atoms in total. The van der Waals surface area contributed by atoms with Crippen molar-refractivity contribution in [2.24, 2.45) is 0 Å². The summed E-state index contributed by atoms with van der Waals surface area (Å²) in [4.78, 5) is 3.00. The van der Waals surface area contributed by atoms with E-state index in [2.05, 4.69) is 54.2 Å². The fourth-order valence-electron chi connectivity index (χ4n) is 3.38. The predicted octanol–water partition coefficient (Wildman–Crippen LogP) is 7.74. The van der Waals surface area contributed by atoms with Crippen LogP contribution in [0, 0.1) is 17.9 Å². The normalized spacial score (nSPS) is 13.9. The first kappa shape index (κ1) is 27.9. The van der Waals surface area contributed by atoms with Crippen LogP contribution in [0.5, 0.6) is 0 Å². The molecule has 37 heavy (non-hydrogen) atoms. The number of nitriles is 1. The van der Waals surface area contributed by atoms with E-state index in [1.807, 2.05) is 13.0 Å². The van der Waals surface area contributed by atoms with Gasteiger partial charge in [0, 0.05) is 11.3 Å². The average Bonchev–Trinajstić information content (AvgIpc) is 3.30. The third-order valence-electron chi connectivity index (χ3n) is 6.47. The number of anilines is 1. The molecule has 1 aromatic heterocycles. The van der Waals surface area contributed by atoms with Gasteiger partial charge in [-0.05, 0) is 61.5 Å². The molecule has 0 aliphatic carbocycles. The Morgan fingerprint density at radius 1 is 1.11 bits per heavy atom. The van der Waals surface area contributed by atoms with E-state index < -0.39 is 37.9 Å². The molecule has 1 heterocycles. The van der Waals surface area contributed by atoms with Crippen molar-refractivity contribution in [3.63, 3.8) is 0 Å². The molecule has 0 fully saturated rings. The Balaban J connectivity index is 2.02. The molecule has 1 N–H and O–H groups in total. The minimum atomic E-state index is -4.69. The van der Waals surface area contributed by atoms with Gasteiger partial charge in [-0.1, -0.05) is 26.8 Å². The van der Waals surface area contributed by atoms with Crippen LogP contribution in [0.15, 0.2) is 46.9 Å². The molecule has 0 saturated heterocycles. The van der Waals surface area contributed by atoms with Crippen LogP contribution >= 0.6 is 0 Å². The second-order valence-corrected chi connectivity index (χ2v) is 14.9. The fraction of sp³-hybridized carbons (Fsp3) is 0.385. The summed E-state index contributed by atoms with van der Waals surface area (Å²) in [5.74, 6) is 0.332. The van der Waals surface area contributed by atoms with Crippen LogP contribution in [0.4, 0.5) is 24.5 Å². The number of halogens is 3. The lowest BCUT2D eigenvalue weighted by molar-refractivity contribution is -0.136. The topological polar surface area (TPSA) is 88.3 Å². The van der Waals surface area contributed by atoms with E-state index in [1.165, 1.54) is 6.07 Å². The number of hydrogen-bond donors (Lipinski definition) is 1. The third kappa shape index (κ3) is 6.37. The number of alkyl halides is 3. The van der Waals surface area contributed by atoms with Crippen molar-refractivity contribution in [2.45, 2.75) is 64.1 Å². The molecule has 2 aromatic carbocycles. The average molecular weight is 528 g/mol. The van der Waals surface area contributed by atoms with Crippen LogP contribution in [0.1, 0.15) is 50.8 Å². The molecule has 0 bridgehead atoms. The van der Waals surface area contributed by atoms with Crippen LogP contribution in [-0.4, -0.2) is 24.6 Å². The number of hydrogen-bond acceptors (Lipinski definition) is 6. The first-order chi connectivity index (χ1) is 17.2. The van der Waals surface area contributed by atoms with Gasteiger partial charge in [0.15, 0.2) is 14.0 Å². The Morgan fingerprint density at radius 3 is 2.30 bits per heavy atom. The van der Waals surface area contributed by atoms with Gasteiger partial charge in [0.1, 0.15) is 6.04 Å². The Hall–Kier alpha value is -3.67. The first-order valence-corrected chi connectivity index (χ1v) is 14.4. The largest absolute Gasteiger partial charge is 0.418 e. The lowest BCUT2D eigenvalue weighted by Gasteiger charge is -2.40. The van der Waals surface area contributed by atoms with Gasteiger partial charge in [0.25, 0.3) is 0 Å². The number of nitrogens with zero attached hydrogens (tertiary/aromatic N) is 4. The summed E-state index contributed by atoms with van der Waals surface area (Å²) in [6.45, 7) is 19.3. The van der Waals surface area contributed by atoms with E-state index in [0.29, 0.717) is 11.1 Å². The molecule has 0 radical (unpaired) electrons. The highest BCUT2D eigenvalue weighted by Gasteiger charge is 2.41. The van der Waals surface area contributed by atoms with E-state index in [4.69, 9.17) is 20.7 Å². The van der Waals surface area contributed by atoms with Crippen LogP contribution in [0.25, 0.3) is 16.3 Å². The Bertz CT molecular complexity index is 1330. The minimum Gasteiger partial charge on any atom is -0.418 e. The Labute approximate surface area is 215 Å². The highest BCUT2D eigenvalue weighted by molar-refractivity contribution is 6.74. The standard InChI is InChI=1S/C26H28F3N5O2Si/c1-16(36-37(6,7)25(2,3)4)22(32-19-12-13-21(31-5)20(14-19)26(27,28)29)24-34-33-23(35-24)18-10-8-17(15-30)9-11-18/h8-14,16,22,32H,1-4,6-7H3/t16-,22+/m0/s1. The van der Waals surface area contributed by atoms with Crippen LogP contribution in [0.3, 0.4) is 0 Å². The SMILES string of the molecule is [C-]#[N+]c1ccc(N[C@@H](c2nnc(-c3ccc(C#N)cc3)o2)[C@H](C)O[Si](C)(C)C(C)(C)C)cc1C(F)(F)F. The molecule has 0 aliphatic rings. The quantitative estimate of drug-likeness (QED) is 0.250. The van der Waals surface area contributed by atoms with Crippen molar-refractivity contribution in [2.75, 3.05) is 5.32 Å². The molecule has 0 amide bonds. The molecule has 0 saturated carbocycles. The zero-order valence-electron chi connectivity index (χ0n) is 21.4. The van der Waals surface area contributed by atoms with Gasteiger partial charge in [0.05, 0.1) is 29.9 Å². The Kier molecular flexibility index (Phi) is 7.82. The van der Waals surface area contributed by atoms with Crippen molar-refractivity contribution >= 4 is 19.7 Å². The third-order valence-corrected chi connectivity index (χ3v) is 11.0. The molecular formula is C26H28F3N5O2Si. The van der Waals surface area contributed by atoms with Crippen molar-refractivity contribution in [1.82, 2.24) is 10.2 Å². The number of rotatable bonds is 7. The molecule has 3 aromatic rings. The molecular weight excluding hydrogens is 499 g/mol. The number of nitrogens with one attached hydrogen (secondary N) is 1. The monoisotopic (exact) mass is 527 g/mol. The molecule has 0 spiro atoms. The minimum absolute atomic E-state index is 0.116. The first-order valence-electron chi connectivity index (χ1n) is 11.5. The maximum Gasteiger partial charge on any atom is 0.407 e. The summed E-state index contributed by atoms with van der Waals surface area (Å²) in [6.07, 6.45) is -5.24. The summed E-state index contributed by atoms with van der Waals surface area (Å²) < 4.78 is 53.2. The van der Waals surface area contributed by atoms with E-state index >= 15 is 0 Å².